The van der Waals surface area contributed by atoms with Gasteiger partial charge in [-0.1, -0.05) is 24.3 Å². The summed E-state index contributed by atoms with van der Waals surface area (Å²) in [5.74, 6) is -2.58. The average Bonchev–Trinajstić information content (AvgIpc) is 2.58. The first-order valence-electron chi connectivity index (χ1n) is 7.04. The van der Waals surface area contributed by atoms with Crippen LogP contribution in [0.5, 0.6) is 0 Å². The van der Waals surface area contributed by atoms with Gasteiger partial charge in [-0.3, -0.25) is 14.4 Å². The molecule has 0 bridgehead atoms. The Morgan fingerprint density at radius 2 is 1.71 bits per heavy atom. The molecule has 0 heterocycles. The van der Waals surface area contributed by atoms with Gasteiger partial charge in [0.15, 0.2) is 0 Å². The monoisotopic (exact) mass is 330 g/mol. The van der Waals surface area contributed by atoms with E-state index in [1.807, 2.05) is 0 Å². The Labute approximate surface area is 137 Å². The summed E-state index contributed by atoms with van der Waals surface area (Å²) in [6.45, 7) is -0.403. The normalized spacial score (nSPS) is 10.0. The summed E-state index contributed by atoms with van der Waals surface area (Å²) in [7, 11) is 0. The first-order valence-corrected chi connectivity index (χ1v) is 7.04. The minimum absolute atomic E-state index is 0.0204. The molecule has 7 heteroatoms. The van der Waals surface area contributed by atoms with Crippen LogP contribution < -0.4 is 11.1 Å². The van der Waals surface area contributed by atoms with Crippen molar-refractivity contribution in [3.05, 3.63) is 71.0 Å². The van der Waals surface area contributed by atoms with Gasteiger partial charge in [0, 0.05) is 5.56 Å². The highest BCUT2D eigenvalue weighted by atomic mass is 19.1. The van der Waals surface area contributed by atoms with Crippen LogP contribution in [0.25, 0.3) is 0 Å². The third kappa shape index (κ3) is 4.64. The second-order valence-electron chi connectivity index (χ2n) is 4.88. The van der Waals surface area contributed by atoms with Crippen LogP contribution in [0, 0.1) is 5.82 Å². The summed E-state index contributed by atoms with van der Waals surface area (Å²) in [5.41, 5.74) is 5.99. The number of halogens is 1. The lowest BCUT2D eigenvalue weighted by Gasteiger charge is -2.07. The second kappa shape index (κ2) is 7.87. The lowest BCUT2D eigenvalue weighted by Crippen LogP contribution is -2.31. The third-order valence-corrected chi connectivity index (χ3v) is 3.15. The van der Waals surface area contributed by atoms with E-state index >= 15 is 0 Å². The standard InChI is InChI=1S/C17H15FN2O4/c18-14-4-2-1-3-13(14)17(23)20-9-15(21)24-10-11-5-7-12(8-6-11)16(19)22/h1-8H,9-10H2,(H2,19,22)(H,20,23). The van der Waals surface area contributed by atoms with Crippen molar-refractivity contribution >= 4 is 17.8 Å². The van der Waals surface area contributed by atoms with Gasteiger partial charge in [0.2, 0.25) is 5.91 Å². The highest BCUT2D eigenvalue weighted by molar-refractivity contribution is 5.96. The Kier molecular flexibility index (Phi) is 5.62. The number of nitrogens with one attached hydrogen (secondary N) is 1. The summed E-state index contributed by atoms with van der Waals surface area (Å²) in [6.07, 6.45) is 0. The topological polar surface area (TPSA) is 98.5 Å². The van der Waals surface area contributed by atoms with Gasteiger partial charge in [-0.2, -0.15) is 0 Å². The molecule has 2 aromatic carbocycles. The number of benzene rings is 2. The minimum atomic E-state index is -0.698. The summed E-state index contributed by atoms with van der Waals surface area (Å²) >= 11 is 0. The van der Waals surface area contributed by atoms with Crippen molar-refractivity contribution in [2.45, 2.75) is 6.61 Å². The zero-order chi connectivity index (χ0) is 17.5. The van der Waals surface area contributed by atoms with Crippen molar-refractivity contribution in [3.63, 3.8) is 0 Å². The lowest BCUT2D eigenvalue weighted by atomic mass is 10.1. The van der Waals surface area contributed by atoms with Gasteiger partial charge in [0.1, 0.15) is 19.0 Å². The molecule has 0 aliphatic rings. The van der Waals surface area contributed by atoms with Gasteiger partial charge in [0.05, 0.1) is 5.56 Å². The van der Waals surface area contributed by atoms with Crippen LogP contribution >= 0.6 is 0 Å². The van der Waals surface area contributed by atoms with Gasteiger partial charge in [-0.05, 0) is 29.8 Å². The summed E-state index contributed by atoms with van der Waals surface area (Å²) in [6, 6.07) is 11.7. The molecular formula is C17H15FN2O4. The molecule has 0 saturated heterocycles. The first kappa shape index (κ1) is 17.1. The molecular weight excluding hydrogens is 315 g/mol. The van der Waals surface area contributed by atoms with Crippen LogP contribution in [0.3, 0.4) is 0 Å². The Balaban J connectivity index is 1.80. The van der Waals surface area contributed by atoms with Gasteiger partial charge in [-0.25, -0.2) is 4.39 Å². The molecule has 0 aliphatic carbocycles. The number of carbonyl (C=O) groups is 3. The largest absolute Gasteiger partial charge is 0.460 e. The molecule has 0 radical (unpaired) electrons. The van der Waals surface area contributed by atoms with Gasteiger partial charge >= 0.3 is 5.97 Å². The van der Waals surface area contributed by atoms with Crippen LogP contribution in [0.15, 0.2) is 48.5 Å². The summed E-state index contributed by atoms with van der Waals surface area (Å²) in [4.78, 5) is 34.3. The number of nitrogens with two attached hydrogens (primary N) is 1. The molecule has 0 atom stereocenters. The smallest absolute Gasteiger partial charge is 0.325 e. The number of hydrogen-bond acceptors (Lipinski definition) is 4. The van der Waals surface area contributed by atoms with Gasteiger partial charge < -0.3 is 15.8 Å². The fourth-order valence-electron chi connectivity index (χ4n) is 1.87. The number of rotatable bonds is 6. The van der Waals surface area contributed by atoms with E-state index < -0.39 is 23.6 Å². The van der Waals surface area contributed by atoms with Gasteiger partial charge in [-0.15, -0.1) is 0 Å². The van der Waals surface area contributed by atoms with Crippen LogP contribution in [0.1, 0.15) is 26.3 Å². The molecule has 2 amide bonds. The molecule has 0 spiro atoms. The molecule has 3 N–H and O–H groups in total. The van der Waals surface area contributed by atoms with Crippen molar-refractivity contribution in [2.24, 2.45) is 5.73 Å². The maximum atomic E-state index is 13.4. The van der Waals surface area contributed by atoms with Crippen molar-refractivity contribution in [1.82, 2.24) is 5.32 Å². The predicted octanol–water partition coefficient (Wildman–Crippen LogP) is 1.40. The maximum Gasteiger partial charge on any atom is 0.325 e. The molecule has 2 aromatic rings. The second-order valence-corrected chi connectivity index (χ2v) is 4.88. The van der Waals surface area contributed by atoms with E-state index in [1.165, 1.54) is 30.3 Å². The number of hydrogen-bond donors (Lipinski definition) is 2. The third-order valence-electron chi connectivity index (χ3n) is 3.15. The number of amides is 2. The first-order chi connectivity index (χ1) is 11.5. The molecule has 0 aliphatic heterocycles. The highest BCUT2D eigenvalue weighted by Gasteiger charge is 2.12. The number of primary amides is 1. The van der Waals surface area contributed by atoms with Crippen LogP contribution in [0.4, 0.5) is 4.39 Å². The zero-order valence-corrected chi connectivity index (χ0v) is 12.6. The van der Waals surface area contributed by atoms with Crippen molar-refractivity contribution in [3.8, 4) is 0 Å². The van der Waals surface area contributed by atoms with Crippen LogP contribution in [-0.4, -0.2) is 24.3 Å². The molecule has 24 heavy (non-hydrogen) atoms. The number of esters is 1. The Hall–Kier alpha value is -3.22. The average molecular weight is 330 g/mol. The molecule has 0 saturated carbocycles. The summed E-state index contributed by atoms with van der Waals surface area (Å²) < 4.78 is 18.4. The van der Waals surface area contributed by atoms with Crippen molar-refractivity contribution in [1.29, 1.82) is 0 Å². The minimum Gasteiger partial charge on any atom is -0.460 e. The molecule has 2 rings (SSSR count). The van der Waals surface area contributed by atoms with Crippen molar-refractivity contribution < 1.29 is 23.5 Å². The number of carbonyl (C=O) groups excluding carboxylic acids is 3. The molecule has 0 fully saturated rings. The van der Waals surface area contributed by atoms with Crippen LogP contribution in [-0.2, 0) is 16.1 Å². The van der Waals surface area contributed by atoms with E-state index in [9.17, 15) is 18.8 Å². The van der Waals surface area contributed by atoms with Crippen molar-refractivity contribution in [2.75, 3.05) is 6.54 Å². The Bertz CT molecular complexity index is 759. The fourth-order valence-corrected chi connectivity index (χ4v) is 1.87. The van der Waals surface area contributed by atoms with E-state index in [4.69, 9.17) is 10.5 Å². The molecule has 0 unspecified atom stereocenters. The van der Waals surface area contributed by atoms with E-state index in [-0.39, 0.29) is 18.7 Å². The van der Waals surface area contributed by atoms with E-state index in [0.717, 1.165) is 6.07 Å². The Morgan fingerprint density at radius 1 is 1.04 bits per heavy atom. The SMILES string of the molecule is NC(=O)c1ccc(COC(=O)CNC(=O)c2ccccc2F)cc1. The van der Waals surface area contributed by atoms with E-state index in [1.54, 1.807) is 12.1 Å². The highest BCUT2D eigenvalue weighted by Crippen LogP contribution is 2.07. The lowest BCUT2D eigenvalue weighted by molar-refractivity contribution is -0.143. The van der Waals surface area contributed by atoms with Gasteiger partial charge in [0.25, 0.3) is 5.91 Å². The predicted molar refractivity (Wildman–Crippen MR) is 83.5 cm³/mol. The Morgan fingerprint density at radius 3 is 2.33 bits per heavy atom. The fraction of sp³-hybridized carbons (Fsp3) is 0.118. The molecule has 6 nitrogen and oxygen atoms in total. The zero-order valence-electron chi connectivity index (χ0n) is 12.6. The quantitative estimate of drug-likeness (QED) is 0.782. The molecule has 0 aromatic heterocycles. The van der Waals surface area contributed by atoms with E-state index in [0.29, 0.717) is 11.1 Å². The number of ether oxygens (including phenoxy) is 1. The molecule has 124 valence electrons. The summed E-state index contributed by atoms with van der Waals surface area (Å²) in [5, 5.41) is 2.29. The maximum absolute atomic E-state index is 13.4. The van der Waals surface area contributed by atoms with E-state index in [2.05, 4.69) is 5.32 Å². The van der Waals surface area contributed by atoms with Crippen LogP contribution in [0.2, 0.25) is 0 Å².